The fraction of sp³-hybridized carbons (Fsp3) is 0.200. The topological polar surface area (TPSA) is 52.4 Å². The molecule has 4 nitrogen and oxygen atoms in total. The van der Waals surface area contributed by atoms with E-state index in [9.17, 15) is 14.5 Å². The van der Waals surface area contributed by atoms with E-state index in [4.69, 9.17) is 4.74 Å². The van der Waals surface area contributed by atoms with Crippen LogP contribution in [0.3, 0.4) is 0 Å². The van der Waals surface area contributed by atoms with Crippen molar-refractivity contribution in [3.63, 3.8) is 0 Å². The third kappa shape index (κ3) is 2.93. The molecule has 0 saturated heterocycles. The van der Waals surface area contributed by atoms with Crippen molar-refractivity contribution in [2.75, 3.05) is 0 Å². The van der Waals surface area contributed by atoms with Gasteiger partial charge in [0.25, 0.3) is 5.69 Å². The largest absolute Gasteiger partial charge is 0.488 e. The van der Waals surface area contributed by atoms with Crippen LogP contribution in [0.25, 0.3) is 0 Å². The van der Waals surface area contributed by atoms with Crippen LogP contribution in [0.1, 0.15) is 16.7 Å². The normalized spacial score (nSPS) is 10.3. The molecule has 20 heavy (non-hydrogen) atoms. The first kappa shape index (κ1) is 14.0. The Bertz CT molecular complexity index is 635. The van der Waals surface area contributed by atoms with Gasteiger partial charge in [-0.25, -0.2) is 4.39 Å². The van der Waals surface area contributed by atoms with E-state index in [0.29, 0.717) is 5.75 Å². The molecule has 0 N–H and O–H groups in total. The van der Waals surface area contributed by atoms with E-state index in [1.807, 2.05) is 32.0 Å². The first-order valence-electron chi connectivity index (χ1n) is 6.11. The first-order valence-corrected chi connectivity index (χ1v) is 6.11. The number of hydrogen-bond donors (Lipinski definition) is 0. The first-order chi connectivity index (χ1) is 9.49. The number of rotatable bonds is 4. The van der Waals surface area contributed by atoms with Crippen molar-refractivity contribution in [1.29, 1.82) is 0 Å². The molecule has 0 heterocycles. The maximum atomic E-state index is 13.2. The van der Waals surface area contributed by atoms with Gasteiger partial charge in [0, 0.05) is 6.07 Å². The van der Waals surface area contributed by atoms with Gasteiger partial charge in [0.1, 0.15) is 18.2 Å². The highest BCUT2D eigenvalue weighted by atomic mass is 19.1. The second kappa shape index (κ2) is 5.69. The van der Waals surface area contributed by atoms with Crippen LogP contribution >= 0.6 is 0 Å². The van der Waals surface area contributed by atoms with Crippen LogP contribution in [0, 0.1) is 29.8 Å². The fourth-order valence-corrected chi connectivity index (χ4v) is 2.02. The molecule has 0 atom stereocenters. The van der Waals surface area contributed by atoms with Crippen molar-refractivity contribution >= 4 is 5.69 Å². The minimum atomic E-state index is -0.539. The van der Waals surface area contributed by atoms with E-state index >= 15 is 0 Å². The van der Waals surface area contributed by atoms with E-state index in [-0.39, 0.29) is 17.9 Å². The molecule has 0 aliphatic heterocycles. The summed E-state index contributed by atoms with van der Waals surface area (Å²) in [7, 11) is 0. The van der Waals surface area contributed by atoms with Gasteiger partial charge in [-0.1, -0.05) is 18.2 Å². The highest BCUT2D eigenvalue weighted by molar-refractivity contribution is 5.42. The summed E-state index contributed by atoms with van der Waals surface area (Å²) >= 11 is 0. The lowest BCUT2D eigenvalue weighted by molar-refractivity contribution is -0.385. The Morgan fingerprint density at radius 2 is 1.85 bits per heavy atom. The molecule has 0 spiro atoms. The quantitative estimate of drug-likeness (QED) is 0.627. The number of halogens is 1. The number of aryl methyl sites for hydroxylation is 2. The molecule has 0 fully saturated rings. The Kier molecular flexibility index (Phi) is 3.98. The van der Waals surface area contributed by atoms with Gasteiger partial charge >= 0.3 is 0 Å². The molecule has 0 amide bonds. The van der Waals surface area contributed by atoms with E-state index < -0.39 is 10.7 Å². The second-order valence-corrected chi connectivity index (χ2v) is 4.54. The van der Waals surface area contributed by atoms with Crippen LogP contribution in [0.2, 0.25) is 0 Å². The molecule has 2 aromatic rings. The average Bonchev–Trinajstić information content (AvgIpc) is 2.37. The summed E-state index contributed by atoms with van der Waals surface area (Å²) in [4.78, 5) is 10.4. The van der Waals surface area contributed by atoms with E-state index in [0.717, 1.165) is 29.3 Å². The van der Waals surface area contributed by atoms with Crippen LogP contribution in [-0.2, 0) is 6.61 Å². The predicted molar refractivity (Wildman–Crippen MR) is 73.3 cm³/mol. The van der Waals surface area contributed by atoms with Crippen molar-refractivity contribution in [2.24, 2.45) is 0 Å². The highest BCUT2D eigenvalue weighted by Crippen LogP contribution is 2.26. The van der Waals surface area contributed by atoms with Crippen molar-refractivity contribution < 1.29 is 14.1 Å². The minimum absolute atomic E-state index is 0.0419. The van der Waals surface area contributed by atoms with Crippen LogP contribution in [0.5, 0.6) is 5.75 Å². The molecule has 5 heteroatoms. The van der Waals surface area contributed by atoms with Gasteiger partial charge in [0.05, 0.1) is 10.5 Å². The average molecular weight is 275 g/mol. The smallest absolute Gasteiger partial charge is 0.276 e. The zero-order valence-corrected chi connectivity index (χ0v) is 11.2. The van der Waals surface area contributed by atoms with Gasteiger partial charge < -0.3 is 4.74 Å². The lowest BCUT2D eigenvalue weighted by Crippen LogP contribution is -2.03. The molecule has 2 aromatic carbocycles. The maximum Gasteiger partial charge on any atom is 0.276 e. The third-order valence-corrected chi connectivity index (χ3v) is 3.02. The van der Waals surface area contributed by atoms with Crippen molar-refractivity contribution in [2.45, 2.75) is 20.5 Å². The summed E-state index contributed by atoms with van der Waals surface area (Å²) in [5.74, 6) is 0.154. The maximum absolute atomic E-state index is 13.2. The Balaban J connectivity index is 2.27. The second-order valence-electron chi connectivity index (χ2n) is 4.54. The Labute approximate surface area is 116 Å². The van der Waals surface area contributed by atoms with Gasteiger partial charge in [-0.2, -0.15) is 0 Å². The molecule has 0 aliphatic carbocycles. The van der Waals surface area contributed by atoms with Crippen LogP contribution in [0.15, 0.2) is 36.4 Å². The van der Waals surface area contributed by atoms with Gasteiger partial charge in [0.2, 0.25) is 0 Å². The van der Waals surface area contributed by atoms with Gasteiger partial charge in [-0.05, 0) is 37.1 Å². The fourth-order valence-electron chi connectivity index (χ4n) is 2.02. The predicted octanol–water partition coefficient (Wildman–Crippen LogP) is 3.93. The molecule has 104 valence electrons. The summed E-state index contributed by atoms with van der Waals surface area (Å²) in [6.07, 6.45) is 0. The number of benzene rings is 2. The summed E-state index contributed by atoms with van der Waals surface area (Å²) in [5.41, 5.74) is 1.95. The van der Waals surface area contributed by atoms with Crippen molar-refractivity contribution in [1.82, 2.24) is 0 Å². The zero-order chi connectivity index (χ0) is 14.7. The molecular weight excluding hydrogens is 261 g/mol. The number of hydrogen-bond acceptors (Lipinski definition) is 3. The molecule has 0 saturated carbocycles. The van der Waals surface area contributed by atoms with E-state index in [2.05, 4.69) is 0 Å². The number of ether oxygens (including phenoxy) is 1. The molecule has 0 aliphatic rings. The molecule has 0 radical (unpaired) electrons. The van der Waals surface area contributed by atoms with Crippen LogP contribution in [-0.4, -0.2) is 4.92 Å². The lowest BCUT2D eigenvalue weighted by Gasteiger charge is -2.12. The van der Waals surface area contributed by atoms with Gasteiger partial charge in [0.15, 0.2) is 0 Å². The Morgan fingerprint density at radius 3 is 2.45 bits per heavy atom. The van der Waals surface area contributed by atoms with Crippen molar-refractivity contribution in [3.05, 3.63) is 69.0 Å². The lowest BCUT2D eigenvalue weighted by atomic mass is 10.1. The molecule has 2 rings (SSSR count). The van der Waals surface area contributed by atoms with Gasteiger partial charge in [-0.15, -0.1) is 0 Å². The standard InChI is InChI=1S/C15H14FNO3/c1-10-4-3-5-11(2)15(10)20-9-12-8-13(16)6-7-14(12)17(18)19/h3-8H,9H2,1-2H3. The molecule has 0 unspecified atom stereocenters. The van der Waals surface area contributed by atoms with E-state index in [1.165, 1.54) is 0 Å². The molecular formula is C15H14FNO3. The molecule has 0 aromatic heterocycles. The summed E-state index contributed by atoms with van der Waals surface area (Å²) in [6.45, 7) is 3.74. The number of nitrogens with zero attached hydrogens (tertiary/aromatic N) is 1. The molecule has 0 bridgehead atoms. The Hall–Kier alpha value is -2.43. The third-order valence-electron chi connectivity index (χ3n) is 3.02. The SMILES string of the molecule is Cc1cccc(C)c1OCc1cc(F)ccc1[N+](=O)[O-]. The monoisotopic (exact) mass is 275 g/mol. The minimum Gasteiger partial charge on any atom is -0.488 e. The number of nitro groups is 1. The summed E-state index contributed by atoms with van der Waals surface area (Å²) < 4.78 is 18.8. The number of para-hydroxylation sites is 1. The van der Waals surface area contributed by atoms with Crippen LogP contribution in [0.4, 0.5) is 10.1 Å². The van der Waals surface area contributed by atoms with Gasteiger partial charge in [-0.3, -0.25) is 10.1 Å². The van der Waals surface area contributed by atoms with E-state index in [1.54, 1.807) is 0 Å². The van der Waals surface area contributed by atoms with Crippen molar-refractivity contribution in [3.8, 4) is 5.75 Å². The zero-order valence-electron chi connectivity index (χ0n) is 11.2. The van der Waals surface area contributed by atoms with Crippen LogP contribution < -0.4 is 4.74 Å². The number of nitro benzene ring substituents is 1. The Morgan fingerprint density at radius 1 is 1.20 bits per heavy atom. The summed E-state index contributed by atoms with van der Waals surface area (Å²) in [6, 6.07) is 9.04. The summed E-state index contributed by atoms with van der Waals surface area (Å²) in [5, 5.41) is 10.9. The highest BCUT2D eigenvalue weighted by Gasteiger charge is 2.15.